The van der Waals surface area contributed by atoms with E-state index >= 15 is 0 Å². The van der Waals surface area contributed by atoms with E-state index < -0.39 is 17.6 Å². The maximum atomic E-state index is 12.6. The summed E-state index contributed by atoms with van der Waals surface area (Å²) in [6.07, 6.45) is 1.30. The Labute approximate surface area is 147 Å². The van der Waals surface area contributed by atoms with E-state index in [9.17, 15) is 14.9 Å². The maximum absolute atomic E-state index is 12.6. The van der Waals surface area contributed by atoms with Gasteiger partial charge in [-0.3, -0.25) is 9.69 Å². The fourth-order valence-corrected chi connectivity index (χ4v) is 4.00. The highest BCUT2D eigenvalue weighted by Crippen LogP contribution is 2.46. The molecule has 0 bridgehead atoms. The van der Waals surface area contributed by atoms with E-state index in [4.69, 9.17) is 4.74 Å². The van der Waals surface area contributed by atoms with Gasteiger partial charge in [-0.15, -0.1) is 11.3 Å². The summed E-state index contributed by atoms with van der Waals surface area (Å²) in [5, 5.41) is 14.8. The van der Waals surface area contributed by atoms with Crippen LogP contribution in [0.15, 0.2) is 35.8 Å². The Morgan fingerprint density at radius 1 is 1.52 bits per heavy atom. The number of para-hydroxylation sites is 1. The summed E-state index contributed by atoms with van der Waals surface area (Å²) in [6, 6.07) is 8.80. The number of rotatable bonds is 2. The van der Waals surface area contributed by atoms with Crippen LogP contribution in [0.2, 0.25) is 0 Å². The topological polar surface area (TPSA) is 95.3 Å². The Balaban J connectivity index is 1.58. The number of aromatic nitrogens is 1. The molecule has 1 saturated heterocycles. The first-order chi connectivity index (χ1) is 12.1. The summed E-state index contributed by atoms with van der Waals surface area (Å²) in [6.45, 7) is 0.186. The van der Waals surface area contributed by atoms with E-state index in [-0.39, 0.29) is 25.5 Å². The predicted octanol–water partition coefficient (Wildman–Crippen LogP) is 2.27. The van der Waals surface area contributed by atoms with Crippen LogP contribution < -0.4 is 5.32 Å². The van der Waals surface area contributed by atoms with Gasteiger partial charge in [0.2, 0.25) is 5.91 Å². The molecular formula is C17H14N4O3S. The molecule has 2 atom stereocenters. The lowest BCUT2D eigenvalue weighted by molar-refractivity contribution is -0.120. The van der Waals surface area contributed by atoms with Crippen LogP contribution >= 0.6 is 11.3 Å². The second-order valence-corrected chi connectivity index (χ2v) is 7.02. The van der Waals surface area contributed by atoms with E-state index in [1.54, 1.807) is 11.6 Å². The molecule has 1 N–H and O–H groups in total. The highest BCUT2D eigenvalue weighted by molar-refractivity contribution is 7.09. The van der Waals surface area contributed by atoms with E-state index in [2.05, 4.69) is 16.4 Å². The van der Waals surface area contributed by atoms with Crippen LogP contribution in [0, 0.1) is 11.3 Å². The average Bonchev–Trinajstić information content (AvgIpc) is 3.33. The van der Waals surface area contributed by atoms with Crippen molar-refractivity contribution in [1.82, 2.24) is 9.88 Å². The van der Waals surface area contributed by atoms with Crippen LogP contribution in [0.25, 0.3) is 0 Å². The molecule has 25 heavy (non-hydrogen) atoms. The minimum atomic E-state index is -0.892. The zero-order chi connectivity index (χ0) is 17.4. The van der Waals surface area contributed by atoms with Gasteiger partial charge in [-0.2, -0.15) is 5.26 Å². The van der Waals surface area contributed by atoms with Crippen molar-refractivity contribution in [1.29, 1.82) is 5.26 Å². The number of likely N-dealkylation sites (tertiary alicyclic amines) is 1. The van der Waals surface area contributed by atoms with Gasteiger partial charge >= 0.3 is 6.09 Å². The second kappa shape index (κ2) is 5.86. The Morgan fingerprint density at radius 3 is 3.12 bits per heavy atom. The molecule has 2 aliphatic heterocycles. The first-order valence-corrected chi connectivity index (χ1v) is 8.64. The van der Waals surface area contributed by atoms with Gasteiger partial charge in [0.15, 0.2) is 0 Å². The number of nitrogens with one attached hydrogen (secondary N) is 1. The smallest absolute Gasteiger partial charge is 0.411 e. The number of carbonyl (C=O) groups is 2. The lowest BCUT2D eigenvalue weighted by Crippen LogP contribution is -2.40. The SMILES string of the molecule is N#C[C@@H]1C[C@@]2(CN1C(=O)OCc1nccs1)C(=O)Nc1ccccc12. The molecule has 4 rings (SSSR count). The number of hydrogen-bond acceptors (Lipinski definition) is 6. The van der Waals surface area contributed by atoms with Crippen molar-refractivity contribution in [2.24, 2.45) is 0 Å². The molecular weight excluding hydrogens is 340 g/mol. The van der Waals surface area contributed by atoms with Crippen molar-refractivity contribution in [3.63, 3.8) is 0 Å². The monoisotopic (exact) mass is 354 g/mol. The fourth-order valence-electron chi connectivity index (χ4n) is 3.48. The van der Waals surface area contributed by atoms with Gasteiger partial charge in [0.05, 0.1) is 11.5 Å². The van der Waals surface area contributed by atoms with E-state index in [1.807, 2.05) is 24.3 Å². The maximum Gasteiger partial charge on any atom is 0.411 e. The van der Waals surface area contributed by atoms with Crippen LogP contribution in [-0.4, -0.2) is 34.5 Å². The molecule has 1 fully saturated rings. The lowest BCUT2D eigenvalue weighted by atomic mass is 9.80. The van der Waals surface area contributed by atoms with Gasteiger partial charge in [0, 0.05) is 30.2 Å². The number of anilines is 1. The quantitative estimate of drug-likeness (QED) is 0.892. The minimum Gasteiger partial charge on any atom is -0.442 e. The van der Waals surface area contributed by atoms with Crippen molar-refractivity contribution in [2.75, 3.05) is 11.9 Å². The molecule has 2 aliphatic rings. The molecule has 1 aromatic heterocycles. The van der Waals surface area contributed by atoms with Crippen molar-refractivity contribution in [3.8, 4) is 6.07 Å². The number of nitriles is 1. The zero-order valence-electron chi connectivity index (χ0n) is 13.1. The third-order valence-corrected chi connectivity index (χ3v) is 5.42. The molecule has 0 radical (unpaired) electrons. The van der Waals surface area contributed by atoms with E-state index in [1.165, 1.54) is 16.2 Å². The molecule has 0 unspecified atom stereocenters. The van der Waals surface area contributed by atoms with E-state index in [0.717, 1.165) is 11.3 Å². The van der Waals surface area contributed by atoms with Gasteiger partial charge < -0.3 is 10.1 Å². The normalized spacial score (nSPS) is 24.0. The van der Waals surface area contributed by atoms with Crippen LogP contribution in [0.4, 0.5) is 10.5 Å². The van der Waals surface area contributed by atoms with Crippen molar-refractivity contribution >= 4 is 29.0 Å². The number of fused-ring (bicyclic) bond motifs is 2. The summed E-state index contributed by atoms with van der Waals surface area (Å²) in [5.41, 5.74) is 0.676. The Kier molecular flexibility index (Phi) is 3.66. The summed E-state index contributed by atoms with van der Waals surface area (Å²) in [5.74, 6) is -0.177. The average molecular weight is 354 g/mol. The molecule has 7 nitrogen and oxygen atoms in total. The van der Waals surface area contributed by atoms with Gasteiger partial charge in [0.25, 0.3) is 0 Å². The number of benzene rings is 1. The van der Waals surface area contributed by atoms with Gasteiger partial charge in [0.1, 0.15) is 17.7 Å². The van der Waals surface area contributed by atoms with Gasteiger partial charge in [-0.25, -0.2) is 9.78 Å². The molecule has 126 valence electrons. The standard InChI is InChI=1S/C17H14N4O3S/c18-8-11-7-17(12-3-1-2-4-13(12)20-15(17)22)10-21(11)16(23)24-9-14-19-5-6-25-14/h1-6,11H,7,9-10H2,(H,20,22)/t11-,17-/m0/s1. The van der Waals surface area contributed by atoms with Crippen LogP contribution in [0.5, 0.6) is 0 Å². The molecule has 2 amide bonds. The molecule has 2 aromatic rings. The summed E-state index contributed by atoms with van der Waals surface area (Å²) < 4.78 is 5.28. The number of carbonyl (C=O) groups excluding carboxylic acids is 2. The molecule has 1 spiro atoms. The summed E-state index contributed by atoms with van der Waals surface area (Å²) >= 11 is 1.39. The third kappa shape index (κ3) is 2.44. The van der Waals surface area contributed by atoms with Crippen LogP contribution in [-0.2, 0) is 21.6 Å². The van der Waals surface area contributed by atoms with Crippen molar-refractivity contribution in [3.05, 3.63) is 46.4 Å². The predicted molar refractivity (Wildman–Crippen MR) is 89.8 cm³/mol. The van der Waals surface area contributed by atoms with Gasteiger partial charge in [-0.1, -0.05) is 18.2 Å². The number of ether oxygens (including phenoxy) is 1. The van der Waals surface area contributed by atoms with Crippen molar-refractivity contribution in [2.45, 2.75) is 24.5 Å². The van der Waals surface area contributed by atoms with Crippen molar-refractivity contribution < 1.29 is 14.3 Å². The fraction of sp³-hybridized carbons (Fsp3) is 0.294. The molecule has 3 heterocycles. The first kappa shape index (κ1) is 15.6. The second-order valence-electron chi connectivity index (χ2n) is 6.04. The summed E-state index contributed by atoms with van der Waals surface area (Å²) in [7, 11) is 0. The summed E-state index contributed by atoms with van der Waals surface area (Å²) in [4.78, 5) is 30.5. The Bertz CT molecular complexity index is 876. The first-order valence-electron chi connectivity index (χ1n) is 7.76. The third-order valence-electron chi connectivity index (χ3n) is 4.67. The molecule has 8 heteroatoms. The molecule has 0 aliphatic carbocycles. The lowest BCUT2D eigenvalue weighted by Gasteiger charge is -2.22. The highest BCUT2D eigenvalue weighted by atomic mass is 32.1. The number of hydrogen-bond donors (Lipinski definition) is 1. The number of thiazole rings is 1. The zero-order valence-corrected chi connectivity index (χ0v) is 14.0. The molecule has 1 aromatic carbocycles. The molecule has 0 saturated carbocycles. The number of nitrogens with zero attached hydrogens (tertiary/aromatic N) is 3. The Hall–Kier alpha value is -2.92. The minimum absolute atomic E-state index is 0.0565. The number of amides is 2. The largest absolute Gasteiger partial charge is 0.442 e. The highest BCUT2D eigenvalue weighted by Gasteiger charge is 2.56. The van der Waals surface area contributed by atoms with Gasteiger partial charge in [-0.05, 0) is 11.6 Å². The van der Waals surface area contributed by atoms with E-state index in [0.29, 0.717) is 5.01 Å². The van der Waals surface area contributed by atoms with Crippen LogP contribution in [0.1, 0.15) is 17.0 Å². The Morgan fingerprint density at radius 2 is 2.36 bits per heavy atom. The van der Waals surface area contributed by atoms with Crippen LogP contribution in [0.3, 0.4) is 0 Å².